The predicted octanol–water partition coefficient (Wildman–Crippen LogP) is -1.09. The van der Waals surface area contributed by atoms with Gasteiger partial charge in [0.1, 0.15) is 0 Å². The molecule has 7 heteroatoms. The minimum atomic E-state index is -4.67. The van der Waals surface area contributed by atoms with Crippen molar-refractivity contribution < 1.29 is 22.6 Å². The zero-order chi connectivity index (χ0) is 7.91. The number of aliphatic hydroxyl groups excluding tert-OH is 1. The van der Waals surface area contributed by atoms with E-state index >= 15 is 0 Å². The molecule has 0 saturated carbocycles. The van der Waals surface area contributed by atoms with Crippen molar-refractivity contribution in [3.63, 3.8) is 0 Å². The fourth-order valence-electron chi connectivity index (χ4n) is 0. The summed E-state index contributed by atoms with van der Waals surface area (Å²) in [6.45, 7) is 0.381. The molecule has 9 heavy (non-hydrogen) atoms. The van der Waals surface area contributed by atoms with Crippen LogP contribution in [0, 0.1) is 0 Å². The SMILES string of the molecule is O=S(=O)(O)O.OC[CH2][Na]. The summed E-state index contributed by atoms with van der Waals surface area (Å²) in [6.07, 6.45) is 0. The van der Waals surface area contributed by atoms with Crippen LogP contribution in [-0.4, -0.2) is 57.2 Å². The summed E-state index contributed by atoms with van der Waals surface area (Å²) in [5.41, 5.74) is 0. The van der Waals surface area contributed by atoms with Crippen molar-refractivity contribution in [1.29, 1.82) is 0 Å². The second-order valence-corrected chi connectivity index (χ2v) is 3.07. The third-order valence-electron chi connectivity index (χ3n) is 0.224. The summed E-state index contributed by atoms with van der Waals surface area (Å²) in [6, 6.07) is 0. The summed E-state index contributed by atoms with van der Waals surface area (Å²) < 4.78 is 32.6. The molecule has 5 nitrogen and oxygen atoms in total. The molecule has 0 aliphatic heterocycles. The zero-order valence-electron chi connectivity index (χ0n) is 4.98. The summed E-state index contributed by atoms with van der Waals surface area (Å²) in [5, 5.41) is 7.91. The molecule has 0 saturated heterocycles. The van der Waals surface area contributed by atoms with Crippen LogP contribution < -0.4 is 0 Å². The Balaban J connectivity index is 0. The van der Waals surface area contributed by atoms with Gasteiger partial charge >= 0.3 is 53.7 Å². The molecule has 0 aromatic carbocycles. The van der Waals surface area contributed by atoms with E-state index < -0.39 is 10.4 Å². The first-order valence-electron chi connectivity index (χ1n) is 2.22. The molecule has 0 aromatic heterocycles. The van der Waals surface area contributed by atoms with Crippen molar-refractivity contribution in [1.82, 2.24) is 0 Å². The van der Waals surface area contributed by atoms with Crippen LogP contribution in [-0.2, 0) is 10.4 Å². The van der Waals surface area contributed by atoms with E-state index in [1.54, 1.807) is 0 Å². The van der Waals surface area contributed by atoms with Crippen LogP contribution in [0.4, 0.5) is 0 Å². The van der Waals surface area contributed by atoms with Gasteiger partial charge in [-0.05, 0) is 0 Å². The van der Waals surface area contributed by atoms with Gasteiger partial charge in [-0.1, -0.05) is 0 Å². The molecule has 3 N–H and O–H groups in total. The Bertz CT molecular complexity index is 118. The predicted molar refractivity (Wildman–Crippen MR) is 31.8 cm³/mol. The van der Waals surface area contributed by atoms with Crippen molar-refractivity contribution in [3.05, 3.63) is 0 Å². The van der Waals surface area contributed by atoms with E-state index in [0.29, 0.717) is 6.61 Å². The topological polar surface area (TPSA) is 94.8 Å². The Morgan fingerprint density at radius 1 is 1.33 bits per heavy atom. The zero-order valence-corrected chi connectivity index (χ0v) is 7.80. The van der Waals surface area contributed by atoms with E-state index in [0.717, 1.165) is 31.6 Å². The third-order valence-corrected chi connectivity index (χ3v) is 0.671. The average molecular weight is 166 g/mol. The molecule has 0 bridgehead atoms. The Morgan fingerprint density at radius 3 is 1.44 bits per heavy atom. The second kappa shape index (κ2) is 6.94. The normalized spacial score (nSPS) is 9.89. The molecule has 0 spiro atoms. The Hall–Kier alpha value is 0.830. The Labute approximate surface area is 71.1 Å². The Kier molecular flexibility index (Phi) is 9.64. The first-order valence-corrected chi connectivity index (χ1v) is 5.03. The molecular weight excluding hydrogens is 159 g/mol. The number of rotatable bonds is 1. The summed E-state index contributed by atoms with van der Waals surface area (Å²) in [5.74, 6) is 0. The maximum absolute atomic E-state index is 8.74. The van der Waals surface area contributed by atoms with Gasteiger partial charge in [0.05, 0.1) is 0 Å². The van der Waals surface area contributed by atoms with Gasteiger partial charge in [-0.15, -0.1) is 0 Å². The van der Waals surface area contributed by atoms with Crippen LogP contribution in [0.25, 0.3) is 0 Å². The van der Waals surface area contributed by atoms with E-state index in [1.807, 2.05) is 0 Å². The molecule has 0 atom stereocenters. The molecule has 0 aromatic rings. The maximum atomic E-state index is 8.74. The second-order valence-electron chi connectivity index (χ2n) is 1.17. The molecule has 0 aliphatic rings. The van der Waals surface area contributed by atoms with Crippen molar-refractivity contribution in [2.24, 2.45) is 0 Å². The monoisotopic (exact) mass is 166 g/mol. The van der Waals surface area contributed by atoms with Gasteiger partial charge in [0.2, 0.25) is 0 Å². The van der Waals surface area contributed by atoms with Gasteiger partial charge in [0.25, 0.3) is 0 Å². The van der Waals surface area contributed by atoms with Crippen LogP contribution in [0.15, 0.2) is 0 Å². The average Bonchev–Trinajstić information content (AvgIpc) is 1.61. The van der Waals surface area contributed by atoms with Gasteiger partial charge in [-0.25, -0.2) is 0 Å². The van der Waals surface area contributed by atoms with Crippen molar-refractivity contribution in [3.8, 4) is 0 Å². The fraction of sp³-hybridized carbons (Fsp3) is 1.00. The van der Waals surface area contributed by atoms with E-state index in [-0.39, 0.29) is 0 Å². The standard InChI is InChI=1S/C2H5O.Na.H2O4S/c1-2-3;;1-5(2,3)4/h3H,1-2H2;;(H2,1,2,3,4). The third kappa shape index (κ3) is 123. The molecule has 0 heterocycles. The van der Waals surface area contributed by atoms with Crippen molar-refractivity contribution in [2.45, 2.75) is 3.67 Å². The van der Waals surface area contributed by atoms with Crippen molar-refractivity contribution in [2.75, 3.05) is 6.61 Å². The van der Waals surface area contributed by atoms with Crippen LogP contribution in [0.2, 0.25) is 3.67 Å². The van der Waals surface area contributed by atoms with Crippen LogP contribution in [0.3, 0.4) is 0 Å². The Morgan fingerprint density at radius 2 is 1.44 bits per heavy atom. The number of hydrogen-bond acceptors (Lipinski definition) is 3. The molecule has 0 radical (unpaired) electrons. The van der Waals surface area contributed by atoms with Crippen molar-refractivity contribution >= 4 is 38.3 Å². The van der Waals surface area contributed by atoms with E-state index in [9.17, 15) is 0 Å². The summed E-state index contributed by atoms with van der Waals surface area (Å²) >= 11 is 1.14. The summed E-state index contributed by atoms with van der Waals surface area (Å²) in [4.78, 5) is 0. The number of hydrogen-bond donors (Lipinski definition) is 3. The molecule has 52 valence electrons. The molecule has 0 amide bonds. The van der Waals surface area contributed by atoms with Gasteiger partial charge < -0.3 is 0 Å². The molecular formula is C2H7NaO5S. The van der Waals surface area contributed by atoms with E-state index in [4.69, 9.17) is 22.6 Å². The fourth-order valence-corrected chi connectivity index (χ4v) is 0. The van der Waals surface area contributed by atoms with Gasteiger partial charge in [0, 0.05) is 0 Å². The molecule has 0 rings (SSSR count). The quantitative estimate of drug-likeness (QED) is 0.340. The molecule has 0 fully saturated rings. The van der Waals surface area contributed by atoms with Crippen LogP contribution >= 0.6 is 0 Å². The number of aliphatic hydroxyl groups is 1. The van der Waals surface area contributed by atoms with Crippen LogP contribution in [0.1, 0.15) is 0 Å². The van der Waals surface area contributed by atoms with E-state index in [1.165, 1.54) is 0 Å². The molecule has 0 unspecified atom stereocenters. The van der Waals surface area contributed by atoms with Gasteiger partial charge in [0.15, 0.2) is 0 Å². The van der Waals surface area contributed by atoms with Gasteiger partial charge in [-0.3, -0.25) is 9.11 Å². The van der Waals surface area contributed by atoms with E-state index in [2.05, 4.69) is 0 Å². The first-order chi connectivity index (χ1) is 3.91. The summed E-state index contributed by atoms with van der Waals surface area (Å²) in [7, 11) is -4.67. The van der Waals surface area contributed by atoms with Gasteiger partial charge in [-0.2, -0.15) is 8.42 Å². The first kappa shape index (κ1) is 12.5. The molecule has 0 aliphatic carbocycles. The minimum absolute atomic E-state index is 0.381. The van der Waals surface area contributed by atoms with Crippen LogP contribution in [0.5, 0.6) is 0 Å².